The molecule has 110 valence electrons. The SMILES string of the molecule is CCc1ccc(S(=O)(=O)Nc2ccncc2)cc1C(=O)O. The molecule has 7 heteroatoms. The van der Waals surface area contributed by atoms with E-state index in [-0.39, 0.29) is 10.5 Å². The molecule has 0 spiro atoms. The third-order valence-electron chi connectivity index (χ3n) is 2.94. The number of carboxylic acid groups (broad SMARTS) is 1. The molecule has 21 heavy (non-hydrogen) atoms. The van der Waals surface area contributed by atoms with Gasteiger partial charge in [-0.3, -0.25) is 9.71 Å². The fourth-order valence-corrected chi connectivity index (χ4v) is 2.95. The number of pyridine rings is 1. The van der Waals surface area contributed by atoms with Crippen molar-refractivity contribution >= 4 is 21.7 Å². The number of nitrogens with zero attached hydrogens (tertiary/aromatic N) is 1. The Bertz CT molecular complexity index is 758. The monoisotopic (exact) mass is 306 g/mol. The molecule has 0 saturated heterocycles. The molecule has 0 atom stereocenters. The molecule has 0 aliphatic heterocycles. The Kier molecular flexibility index (Phi) is 4.23. The predicted octanol–water partition coefficient (Wildman–Crippen LogP) is 2.14. The fourth-order valence-electron chi connectivity index (χ4n) is 1.86. The highest BCUT2D eigenvalue weighted by molar-refractivity contribution is 7.92. The van der Waals surface area contributed by atoms with Crippen molar-refractivity contribution < 1.29 is 18.3 Å². The molecule has 0 radical (unpaired) electrons. The average Bonchev–Trinajstić information content (AvgIpc) is 2.47. The lowest BCUT2D eigenvalue weighted by Gasteiger charge is -2.10. The van der Waals surface area contributed by atoms with E-state index in [1.165, 1.54) is 42.7 Å². The molecule has 0 amide bonds. The van der Waals surface area contributed by atoms with Crippen molar-refractivity contribution in [1.29, 1.82) is 0 Å². The molecule has 0 aliphatic carbocycles. The first-order chi connectivity index (χ1) is 9.94. The first kappa shape index (κ1) is 15.0. The van der Waals surface area contributed by atoms with Gasteiger partial charge in [0.15, 0.2) is 0 Å². The Morgan fingerprint density at radius 1 is 1.24 bits per heavy atom. The van der Waals surface area contributed by atoms with Gasteiger partial charge < -0.3 is 5.11 Å². The van der Waals surface area contributed by atoms with Gasteiger partial charge in [0.25, 0.3) is 10.0 Å². The second kappa shape index (κ2) is 5.92. The van der Waals surface area contributed by atoms with Gasteiger partial charge >= 0.3 is 5.97 Å². The number of rotatable bonds is 5. The number of aromatic carboxylic acids is 1. The van der Waals surface area contributed by atoms with E-state index in [0.717, 1.165) is 0 Å². The van der Waals surface area contributed by atoms with Crippen LogP contribution in [0.5, 0.6) is 0 Å². The van der Waals surface area contributed by atoms with E-state index >= 15 is 0 Å². The summed E-state index contributed by atoms with van der Waals surface area (Å²) in [5, 5.41) is 9.15. The number of aryl methyl sites for hydroxylation is 1. The minimum absolute atomic E-state index is 0.00453. The molecule has 1 heterocycles. The van der Waals surface area contributed by atoms with Crippen LogP contribution in [0.25, 0.3) is 0 Å². The maximum atomic E-state index is 12.3. The van der Waals surface area contributed by atoms with Crippen LogP contribution >= 0.6 is 0 Å². The summed E-state index contributed by atoms with van der Waals surface area (Å²) in [5.74, 6) is -1.15. The smallest absolute Gasteiger partial charge is 0.336 e. The number of sulfonamides is 1. The van der Waals surface area contributed by atoms with Crippen LogP contribution in [0.1, 0.15) is 22.8 Å². The van der Waals surface area contributed by atoms with Crippen LogP contribution in [-0.2, 0) is 16.4 Å². The minimum Gasteiger partial charge on any atom is -0.478 e. The fraction of sp³-hybridized carbons (Fsp3) is 0.143. The van der Waals surface area contributed by atoms with E-state index in [4.69, 9.17) is 5.11 Å². The topological polar surface area (TPSA) is 96.4 Å². The number of aromatic nitrogens is 1. The standard InChI is InChI=1S/C14H14N2O4S/c1-2-10-3-4-12(9-13(10)14(17)18)21(19,20)16-11-5-7-15-8-6-11/h3-9H,2H2,1H3,(H,15,16)(H,17,18). The van der Waals surface area contributed by atoms with Gasteiger partial charge in [-0.15, -0.1) is 0 Å². The summed E-state index contributed by atoms with van der Waals surface area (Å²) in [6, 6.07) is 7.11. The van der Waals surface area contributed by atoms with Crippen molar-refractivity contribution in [3.05, 3.63) is 53.9 Å². The van der Waals surface area contributed by atoms with E-state index in [2.05, 4.69) is 9.71 Å². The van der Waals surface area contributed by atoms with Gasteiger partial charge in [0, 0.05) is 12.4 Å². The number of anilines is 1. The van der Waals surface area contributed by atoms with Gasteiger partial charge in [-0.05, 0) is 36.2 Å². The van der Waals surface area contributed by atoms with Crippen LogP contribution < -0.4 is 4.72 Å². The zero-order chi connectivity index (χ0) is 15.5. The molecule has 0 aliphatic rings. The lowest BCUT2D eigenvalue weighted by Crippen LogP contribution is -2.14. The Labute approximate surface area is 122 Å². The molecule has 0 saturated carbocycles. The molecule has 2 N–H and O–H groups in total. The van der Waals surface area contributed by atoms with Crippen molar-refractivity contribution in [3.63, 3.8) is 0 Å². The molecule has 1 aromatic carbocycles. The number of carboxylic acids is 1. The predicted molar refractivity (Wildman–Crippen MR) is 77.8 cm³/mol. The van der Waals surface area contributed by atoms with Crippen LogP contribution in [0, 0.1) is 0 Å². The third kappa shape index (κ3) is 3.38. The van der Waals surface area contributed by atoms with E-state index in [0.29, 0.717) is 17.7 Å². The van der Waals surface area contributed by atoms with Crippen molar-refractivity contribution in [3.8, 4) is 0 Å². The van der Waals surface area contributed by atoms with Crippen molar-refractivity contribution in [2.24, 2.45) is 0 Å². The van der Waals surface area contributed by atoms with Crippen LogP contribution in [0.4, 0.5) is 5.69 Å². The summed E-state index contributed by atoms with van der Waals surface area (Å²) < 4.78 is 26.9. The maximum Gasteiger partial charge on any atom is 0.336 e. The van der Waals surface area contributed by atoms with Crippen LogP contribution in [-0.4, -0.2) is 24.5 Å². The lowest BCUT2D eigenvalue weighted by molar-refractivity contribution is 0.0695. The van der Waals surface area contributed by atoms with Gasteiger partial charge in [0.1, 0.15) is 0 Å². The molecule has 0 bridgehead atoms. The highest BCUT2D eigenvalue weighted by atomic mass is 32.2. The second-order valence-corrected chi connectivity index (χ2v) is 6.00. The molecular formula is C14H14N2O4S. The summed E-state index contributed by atoms with van der Waals surface area (Å²) in [7, 11) is -3.84. The Hall–Kier alpha value is -2.41. The van der Waals surface area contributed by atoms with E-state index in [9.17, 15) is 13.2 Å². The highest BCUT2D eigenvalue weighted by Gasteiger charge is 2.18. The molecule has 2 rings (SSSR count). The summed E-state index contributed by atoms with van der Waals surface area (Å²) in [4.78, 5) is 14.9. The molecule has 2 aromatic rings. The Morgan fingerprint density at radius 2 is 1.90 bits per heavy atom. The first-order valence-electron chi connectivity index (χ1n) is 6.23. The normalized spacial score (nSPS) is 11.1. The zero-order valence-corrected chi connectivity index (χ0v) is 12.1. The quantitative estimate of drug-likeness (QED) is 0.882. The van der Waals surface area contributed by atoms with Crippen LogP contribution in [0.2, 0.25) is 0 Å². The van der Waals surface area contributed by atoms with Crippen molar-refractivity contribution in [1.82, 2.24) is 4.98 Å². The number of hydrogen-bond donors (Lipinski definition) is 2. The van der Waals surface area contributed by atoms with Crippen LogP contribution in [0.15, 0.2) is 47.6 Å². The van der Waals surface area contributed by atoms with Gasteiger partial charge in [-0.2, -0.15) is 0 Å². The average molecular weight is 306 g/mol. The Morgan fingerprint density at radius 3 is 2.48 bits per heavy atom. The van der Waals surface area contributed by atoms with E-state index in [1.54, 1.807) is 0 Å². The summed E-state index contributed by atoms with van der Waals surface area (Å²) in [6.45, 7) is 1.81. The summed E-state index contributed by atoms with van der Waals surface area (Å²) >= 11 is 0. The minimum atomic E-state index is -3.84. The molecule has 0 fully saturated rings. The number of benzene rings is 1. The van der Waals surface area contributed by atoms with Crippen molar-refractivity contribution in [2.75, 3.05) is 4.72 Å². The van der Waals surface area contributed by atoms with Gasteiger partial charge in [0.05, 0.1) is 16.1 Å². The molecule has 1 aromatic heterocycles. The summed E-state index contributed by atoms with van der Waals surface area (Å²) in [6.07, 6.45) is 3.43. The highest BCUT2D eigenvalue weighted by Crippen LogP contribution is 2.19. The van der Waals surface area contributed by atoms with Crippen molar-refractivity contribution in [2.45, 2.75) is 18.2 Å². The number of nitrogens with one attached hydrogen (secondary N) is 1. The lowest BCUT2D eigenvalue weighted by atomic mass is 10.1. The summed E-state index contributed by atoms with van der Waals surface area (Å²) in [5.41, 5.74) is 0.946. The number of hydrogen-bond acceptors (Lipinski definition) is 4. The van der Waals surface area contributed by atoms with Gasteiger partial charge in [-0.25, -0.2) is 13.2 Å². The first-order valence-corrected chi connectivity index (χ1v) is 7.71. The molecular weight excluding hydrogens is 292 g/mol. The molecule has 0 unspecified atom stereocenters. The molecule has 6 nitrogen and oxygen atoms in total. The van der Waals surface area contributed by atoms with Crippen LogP contribution in [0.3, 0.4) is 0 Å². The largest absolute Gasteiger partial charge is 0.478 e. The third-order valence-corrected chi connectivity index (χ3v) is 4.31. The van der Waals surface area contributed by atoms with E-state index in [1.807, 2.05) is 6.92 Å². The van der Waals surface area contributed by atoms with Gasteiger partial charge in [0.2, 0.25) is 0 Å². The number of carbonyl (C=O) groups is 1. The van der Waals surface area contributed by atoms with E-state index < -0.39 is 16.0 Å². The maximum absolute atomic E-state index is 12.3. The Balaban J connectivity index is 2.41. The zero-order valence-electron chi connectivity index (χ0n) is 11.3. The van der Waals surface area contributed by atoms with Gasteiger partial charge in [-0.1, -0.05) is 13.0 Å². The second-order valence-electron chi connectivity index (χ2n) is 4.32.